The van der Waals surface area contributed by atoms with Crippen molar-refractivity contribution in [1.29, 1.82) is 0 Å². The number of pyridine rings is 2. The third kappa shape index (κ3) is 4.38. The normalized spacial score (nSPS) is 18.2. The van der Waals surface area contributed by atoms with Crippen LogP contribution in [-0.2, 0) is 4.74 Å². The van der Waals surface area contributed by atoms with E-state index in [-0.39, 0.29) is 5.76 Å². The predicted octanol–water partition coefficient (Wildman–Crippen LogP) is 2.85. The minimum absolute atomic E-state index is 0.165. The molecule has 36 heavy (non-hydrogen) atoms. The van der Waals surface area contributed by atoms with Gasteiger partial charge in [-0.05, 0) is 37.6 Å². The molecular formula is C25H26N6O5. The fourth-order valence-corrected chi connectivity index (χ4v) is 4.50. The van der Waals surface area contributed by atoms with E-state index in [1.807, 2.05) is 28.9 Å². The Bertz CT molecular complexity index is 1410. The number of nitrogens with zero attached hydrogens (tertiary/aromatic N) is 5. The van der Waals surface area contributed by atoms with Gasteiger partial charge in [-0.3, -0.25) is 9.78 Å². The SMILES string of the molecule is Cc1cc(-c2ccc(C(=O)Nc3cc4oc(N5CCOCC5)nc4nc3N3CC[C@H](O)C3)o2)ccn1. The van der Waals surface area contributed by atoms with E-state index >= 15 is 0 Å². The molecule has 0 spiro atoms. The Morgan fingerprint density at radius 1 is 1.08 bits per heavy atom. The number of aryl methyl sites for hydroxylation is 1. The molecule has 2 aliphatic heterocycles. The van der Waals surface area contributed by atoms with Gasteiger partial charge >= 0.3 is 0 Å². The first-order valence-corrected chi connectivity index (χ1v) is 11.9. The fraction of sp³-hybridized carbons (Fsp3) is 0.360. The van der Waals surface area contributed by atoms with Crippen LogP contribution >= 0.6 is 0 Å². The molecule has 0 radical (unpaired) electrons. The van der Waals surface area contributed by atoms with Crippen molar-refractivity contribution in [3.05, 3.63) is 48.0 Å². The number of β-amino-alcohol motifs (C(OH)–C–C–N with tert-alkyl or cyclic N) is 1. The molecular weight excluding hydrogens is 464 g/mol. The van der Waals surface area contributed by atoms with Gasteiger partial charge in [0.05, 0.1) is 25.0 Å². The Morgan fingerprint density at radius 2 is 1.94 bits per heavy atom. The molecule has 2 N–H and O–H groups in total. The number of nitrogens with one attached hydrogen (secondary N) is 1. The van der Waals surface area contributed by atoms with Gasteiger partial charge in [0.2, 0.25) is 5.65 Å². The maximum Gasteiger partial charge on any atom is 0.300 e. The molecule has 4 aromatic heterocycles. The van der Waals surface area contributed by atoms with Gasteiger partial charge in [-0.15, -0.1) is 0 Å². The first-order chi connectivity index (χ1) is 17.5. The Labute approximate surface area is 206 Å². The lowest BCUT2D eigenvalue weighted by atomic mass is 10.2. The zero-order chi connectivity index (χ0) is 24.6. The number of hydrogen-bond donors (Lipinski definition) is 2. The molecule has 2 saturated heterocycles. The number of anilines is 3. The van der Waals surface area contributed by atoms with E-state index in [1.165, 1.54) is 0 Å². The third-order valence-electron chi connectivity index (χ3n) is 6.35. The molecule has 1 amide bonds. The summed E-state index contributed by atoms with van der Waals surface area (Å²) in [7, 11) is 0. The van der Waals surface area contributed by atoms with E-state index in [9.17, 15) is 9.90 Å². The van der Waals surface area contributed by atoms with Crippen molar-refractivity contribution >= 4 is 34.7 Å². The van der Waals surface area contributed by atoms with Crippen LogP contribution in [0.25, 0.3) is 22.6 Å². The molecule has 0 aliphatic carbocycles. The highest BCUT2D eigenvalue weighted by atomic mass is 16.5. The van der Waals surface area contributed by atoms with Crippen LogP contribution in [-0.4, -0.2) is 71.5 Å². The van der Waals surface area contributed by atoms with Gasteiger partial charge in [-0.2, -0.15) is 4.98 Å². The molecule has 0 saturated carbocycles. The summed E-state index contributed by atoms with van der Waals surface area (Å²) in [5.74, 6) is 0.860. The number of rotatable bonds is 5. The number of oxazole rings is 1. The smallest absolute Gasteiger partial charge is 0.300 e. The molecule has 186 valence electrons. The first kappa shape index (κ1) is 22.5. The van der Waals surface area contributed by atoms with Crippen molar-refractivity contribution in [2.24, 2.45) is 0 Å². The summed E-state index contributed by atoms with van der Waals surface area (Å²) in [6.45, 7) is 5.50. The molecule has 6 rings (SSSR count). The van der Waals surface area contributed by atoms with Crippen molar-refractivity contribution in [3.8, 4) is 11.3 Å². The van der Waals surface area contributed by atoms with Crippen LogP contribution in [0, 0.1) is 6.92 Å². The zero-order valence-corrected chi connectivity index (χ0v) is 19.8. The maximum absolute atomic E-state index is 13.2. The van der Waals surface area contributed by atoms with E-state index < -0.39 is 12.0 Å². The second-order valence-corrected chi connectivity index (χ2v) is 8.97. The van der Waals surface area contributed by atoms with Crippen LogP contribution in [0.3, 0.4) is 0 Å². The molecule has 2 aliphatic rings. The molecule has 1 atom stereocenters. The van der Waals surface area contributed by atoms with Gasteiger partial charge in [-0.1, -0.05) is 0 Å². The van der Waals surface area contributed by atoms with Gasteiger partial charge in [0, 0.05) is 49.7 Å². The number of aliphatic hydroxyl groups excluding tert-OH is 1. The van der Waals surface area contributed by atoms with E-state index in [1.54, 1.807) is 24.4 Å². The van der Waals surface area contributed by atoms with Crippen LogP contribution in [0.15, 0.2) is 45.4 Å². The highest BCUT2D eigenvalue weighted by Gasteiger charge is 2.27. The minimum atomic E-state index is -0.455. The van der Waals surface area contributed by atoms with Crippen LogP contribution in [0.4, 0.5) is 17.5 Å². The molecule has 0 aromatic carbocycles. The number of fused-ring (bicyclic) bond motifs is 1. The lowest BCUT2D eigenvalue weighted by Gasteiger charge is -2.24. The van der Waals surface area contributed by atoms with E-state index in [0.717, 1.165) is 11.3 Å². The summed E-state index contributed by atoms with van der Waals surface area (Å²) in [4.78, 5) is 30.6. The molecule has 11 heteroatoms. The lowest BCUT2D eigenvalue weighted by molar-refractivity contribution is 0.0997. The number of hydrogen-bond acceptors (Lipinski definition) is 10. The average molecular weight is 491 g/mol. The van der Waals surface area contributed by atoms with Crippen LogP contribution in [0.1, 0.15) is 22.7 Å². The Hall–Kier alpha value is -3.96. The Balaban J connectivity index is 1.31. The van der Waals surface area contributed by atoms with Crippen molar-refractivity contribution in [2.45, 2.75) is 19.4 Å². The predicted molar refractivity (Wildman–Crippen MR) is 132 cm³/mol. The minimum Gasteiger partial charge on any atom is -0.451 e. The monoisotopic (exact) mass is 490 g/mol. The summed E-state index contributed by atoms with van der Waals surface area (Å²) < 4.78 is 17.3. The van der Waals surface area contributed by atoms with Gasteiger partial charge in [0.15, 0.2) is 17.2 Å². The number of amides is 1. The number of carbonyl (C=O) groups excluding carboxylic acids is 1. The van der Waals surface area contributed by atoms with E-state index in [0.29, 0.717) is 80.3 Å². The maximum atomic E-state index is 13.2. The molecule has 2 fully saturated rings. The quantitative estimate of drug-likeness (QED) is 0.431. The molecule has 0 bridgehead atoms. The van der Waals surface area contributed by atoms with Gasteiger partial charge < -0.3 is 33.8 Å². The first-order valence-electron chi connectivity index (χ1n) is 11.9. The van der Waals surface area contributed by atoms with Crippen molar-refractivity contribution < 1.29 is 23.5 Å². The van der Waals surface area contributed by atoms with Crippen molar-refractivity contribution in [2.75, 3.05) is 54.5 Å². The fourth-order valence-electron chi connectivity index (χ4n) is 4.50. The summed E-state index contributed by atoms with van der Waals surface area (Å²) >= 11 is 0. The standard InChI is InChI=1S/C25H26N6O5/c1-15-12-16(4-6-26-15)19-2-3-20(35-19)24(33)27-18-13-21-22(28-23(18)31-7-5-17(32)14-31)29-25(36-21)30-8-10-34-11-9-30/h2-4,6,12-13,17,32H,5,7-11,14H2,1H3,(H,27,33)/t17-/m0/s1. The number of furan rings is 1. The van der Waals surface area contributed by atoms with E-state index in [2.05, 4.69) is 15.3 Å². The topological polar surface area (TPSA) is 130 Å². The van der Waals surface area contributed by atoms with Gasteiger partial charge in [-0.25, -0.2) is 4.98 Å². The number of ether oxygens (including phenoxy) is 1. The molecule has 0 unspecified atom stereocenters. The second-order valence-electron chi connectivity index (χ2n) is 8.97. The summed E-state index contributed by atoms with van der Waals surface area (Å²) in [6.07, 6.45) is 1.87. The highest BCUT2D eigenvalue weighted by Crippen LogP contribution is 2.33. The molecule has 4 aromatic rings. The molecule has 11 nitrogen and oxygen atoms in total. The highest BCUT2D eigenvalue weighted by molar-refractivity contribution is 6.05. The lowest BCUT2D eigenvalue weighted by Crippen LogP contribution is -2.36. The Morgan fingerprint density at radius 3 is 2.72 bits per heavy atom. The summed E-state index contributed by atoms with van der Waals surface area (Å²) in [5.41, 5.74) is 3.06. The number of morpholine rings is 1. The Kier molecular flexibility index (Phi) is 5.78. The van der Waals surface area contributed by atoms with Crippen LogP contribution in [0.2, 0.25) is 0 Å². The summed E-state index contributed by atoms with van der Waals surface area (Å²) in [6, 6.07) is 9.32. The largest absolute Gasteiger partial charge is 0.451 e. The molecule has 6 heterocycles. The van der Waals surface area contributed by atoms with Crippen LogP contribution in [0.5, 0.6) is 0 Å². The van der Waals surface area contributed by atoms with Crippen LogP contribution < -0.4 is 15.1 Å². The number of aliphatic hydroxyl groups is 1. The zero-order valence-electron chi connectivity index (χ0n) is 19.8. The average Bonchev–Trinajstić information content (AvgIpc) is 3.63. The second kappa shape index (κ2) is 9.25. The number of aromatic nitrogens is 3. The van der Waals surface area contributed by atoms with Crippen molar-refractivity contribution in [3.63, 3.8) is 0 Å². The summed E-state index contributed by atoms with van der Waals surface area (Å²) in [5, 5.41) is 13.0. The number of carbonyl (C=O) groups is 1. The van der Waals surface area contributed by atoms with Gasteiger partial charge in [0.25, 0.3) is 11.9 Å². The van der Waals surface area contributed by atoms with E-state index in [4.69, 9.17) is 18.6 Å². The van der Waals surface area contributed by atoms with Crippen molar-refractivity contribution in [1.82, 2.24) is 15.0 Å². The van der Waals surface area contributed by atoms with Gasteiger partial charge in [0.1, 0.15) is 5.76 Å². The third-order valence-corrected chi connectivity index (χ3v) is 6.35.